The Hall–Kier alpha value is -0.490. The molecule has 0 amide bonds. The van der Waals surface area contributed by atoms with Gasteiger partial charge in [0.1, 0.15) is 0 Å². The van der Waals surface area contributed by atoms with Crippen molar-refractivity contribution in [1.82, 2.24) is 10.3 Å². The summed E-state index contributed by atoms with van der Waals surface area (Å²) >= 11 is 1.95. The zero-order chi connectivity index (χ0) is 15.5. The lowest BCUT2D eigenvalue weighted by atomic mass is 9.84. The van der Waals surface area contributed by atoms with E-state index in [9.17, 15) is 0 Å². The number of ether oxygens (including phenoxy) is 2. The van der Waals surface area contributed by atoms with Crippen molar-refractivity contribution >= 4 is 11.3 Å². The van der Waals surface area contributed by atoms with Crippen LogP contribution in [0.25, 0.3) is 0 Å². The molecule has 5 heteroatoms. The van der Waals surface area contributed by atoms with E-state index in [1.807, 2.05) is 11.3 Å². The van der Waals surface area contributed by atoms with Gasteiger partial charge in [0.05, 0.1) is 16.3 Å². The topological polar surface area (TPSA) is 43.4 Å². The fraction of sp³-hybridized carbons (Fsp3) is 0.833. The summed E-state index contributed by atoms with van der Waals surface area (Å²) in [5.41, 5.74) is 1.48. The van der Waals surface area contributed by atoms with Crippen LogP contribution in [0.3, 0.4) is 0 Å². The summed E-state index contributed by atoms with van der Waals surface area (Å²) in [6.07, 6.45) is 10.6. The SMILES string of the molecule is C1CCc2sc(CCNC3CCOC4(CCOCC4)C3)nc2C1. The highest BCUT2D eigenvalue weighted by Gasteiger charge is 2.38. The predicted molar refractivity (Wildman–Crippen MR) is 92.2 cm³/mol. The van der Waals surface area contributed by atoms with E-state index in [0.29, 0.717) is 6.04 Å². The van der Waals surface area contributed by atoms with Gasteiger partial charge in [0.25, 0.3) is 0 Å². The number of fused-ring (bicyclic) bond motifs is 1. The minimum absolute atomic E-state index is 0.0917. The minimum Gasteiger partial charge on any atom is -0.381 e. The first-order chi connectivity index (χ1) is 11.3. The summed E-state index contributed by atoms with van der Waals surface area (Å²) in [6, 6.07) is 0.594. The van der Waals surface area contributed by atoms with Gasteiger partial charge in [-0.3, -0.25) is 0 Å². The maximum atomic E-state index is 6.13. The van der Waals surface area contributed by atoms with Gasteiger partial charge in [-0.2, -0.15) is 0 Å². The van der Waals surface area contributed by atoms with Gasteiger partial charge in [-0.25, -0.2) is 4.98 Å². The van der Waals surface area contributed by atoms with Crippen molar-refractivity contribution in [3.05, 3.63) is 15.6 Å². The van der Waals surface area contributed by atoms with E-state index in [1.54, 1.807) is 4.88 Å². The molecule has 4 rings (SSSR count). The molecule has 1 aliphatic carbocycles. The Morgan fingerprint density at radius 2 is 2.04 bits per heavy atom. The third-order valence-electron chi connectivity index (χ3n) is 5.56. The number of nitrogens with zero attached hydrogens (tertiary/aromatic N) is 1. The monoisotopic (exact) mass is 336 g/mol. The molecule has 0 radical (unpaired) electrons. The van der Waals surface area contributed by atoms with E-state index >= 15 is 0 Å². The van der Waals surface area contributed by atoms with Gasteiger partial charge in [0, 0.05) is 43.7 Å². The van der Waals surface area contributed by atoms with Gasteiger partial charge in [-0.05, 0) is 51.4 Å². The van der Waals surface area contributed by atoms with Gasteiger partial charge in [0.15, 0.2) is 0 Å². The molecule has 1 spiro atoms. The summed E-state index contributed by atoms with van der Waals surface area (Å²) in [5, 5.41) is 5.10. The van der Waals surface area contributed by atoms with Crippen LogP contribution in [0, 0.1) is 0 Å². The molecule has 1 N–H and O–H groups in total. The molecule has 128 valence electrons. The molecule has 1 aromatic heterocycles. The van der Waals surface area contributed by atoms with E-state index < -0.39 is 0 Å². The highest BCUT2D eigenvalue weighted by molar-refractivity contribution is 7.11. The number of thiazole rings is 1. The molecule has 1 atom stereocenters. The van der Waals surface area contributed by atoms with Crippen molar-refractivity contribution < 1.29 is 9.47 Å². The third kappa shape index (κ3) is 3.78. The fourth-order valence-corrected chi connectivity index (χ4v) is 5.35. The Morgan fingerprint density at radius 3 is 2.91 bits per heavy atom. The van der Waals surface area contributed by atoms with Crippen LogP contribution in [0.1, 0.15) is 54.1 Å². The molecule has 1 unspecified atom stereocenters. The second kappa shape index (κ2) is 7.18. The average molecular weight is 337 g/mol. The Morgan fingerprint density at radius 1 is 1.17 bits per heavy atom. The number of hydrogen-bond donors (Lipinski definition) is 1. The molecule has 3 aliphatic rings. The Kier molecular flexibility index (Phi) is 4.99. The van der Waals surface area contributed by atoms with Crippen molar-refractivity contribution in [1.29, 1.82) is 0 Å². The van der Waals surface area contributed by atoms with Crippen molar-refractivity contribution in [3.8, 4) is 0 Å². The van der Waals surface area contributed by atoms with Crippen LogP contribution in [0.2, 0.25) is 0 Å². The molecule has 23 heavy (non-hydrogen) atoms. The molecular formula is C18H28N2O2S. The maximum Gasteiger partial charge on any atom is 0.0943 e. The van der Waals surface area contributed by atoms with Crippen LogP contribution in [-0.4, -0.2) is 43.0 Å². The largest absolute Gasteiger partial charge is 0.381 e. The number of nitrogens with one attached hydrogen (secondary N) is 1. The van der Waals surface area contributed by atoms with E-state index in [2.05, 4.69) is 5.32 Å². The van der Waals surface area contributed by atoms with Crippen LogP contribution >= 0.6 is 11.3 Å². The lowest BCUT2D eigenvalue weighted by Gasteiger charge is -2.43. The summed E-state index contributed by atoms with van der Waals surface area (Å²) in [6.45, 7) is 3.65. The zero-order valence-corrected chi connectivity index (χ0v) is 14.8. The molecular weight excluding hydrogens is 308 g/mol. The van der Waals surface area contributed by atoms with Gasteiger partial charge >= 0.3 is 0 Å². The molecule has 3 heterocycles. The average Bonchev–Trinajstić information content (AvgIpc) is 2.98. The first-order valence-electron chi connectivity index (χ1n) is 9.26. The van der Waals surface area contributed by atoms with Crippen LogP contribution < -0.4 is 5.32 Å². The molecule has 0 saturated carbocycles. The van der Waals surface area contributed by atoms with Crippen molar-refractivity contribution in [2.45, 2.75) is 69.4 Å². The molecule has 4 nitrogen and oxygen atoms in total. The normalized spacial score (nSPS) is 27.0. The predicted octanol–water partition coefficient (Wildman–Crippen LogP) is 2.88. The second-order valence-corrected chi connectivity index (χ2v) is 8.39. The molecule has 1 aromatic rings. The van der Waals surface area contributed by atoms with E-state index in [1.165, 1.54) is 36.4 Å². The van der Waals surface area contributed by atoms with Crippen molar-refractivity contribution in [2.24, 2.45) is 0 Å². The quantitative estimate of drug-likeness (QED) is 0.918. The summed E-state index contributed by atoms with van der Waals surface area (Å²) < 4.78 is 11.6. The molecule has 2 saturated heterocycles. The molecule has 2 fully saturated rings. The number of rotatable bonds is 4. The summed E-state index contributed by atoms with van der Waals surface area (Å²) in [7, 11) is 0. The number of hydrogen-bond acceptors (Lipinski definition) is 5. The van der Waals surface area contributed by atoms with Gasteiger partial charge in [-0.15, -0.1) is 11.3 Å². The number of aryl methyl sites for hydroxylation is 2. The standard InChI is InChI=1S/C18H28N2O2S/c1-2-4-16-15(3-1)20-17(23-16)5-9-19-14-6-10-22-18(13-14)7-11-21-12-8-18/h14,19H,1-13H2. The Bertz CT molecular complexity index is 496. The zero-order valence-electron chi connectivity index (χ0n) is 13.9. The minimum atomic E-state index is 0.0917. The molecule has 0 bridgehead atoms. The van der Waals surface area contributed by atoms with Gasteiger partial charge < -0.3 is 14.8 Å². The van der Waals surface area contributed by atoms with Crippen LogP contribution in [0.15, 0.2) is 0 Å². The lowest BCUT2D eigenvalue weighted by molar-refractivity contribution is -0.140. The van der Waals surface area contributed by atoms with Crippen molar-refractivity contribution in [2.75, 3.05) is 26.4 Å². The Balaban J connectivity index is 1.26. The maximum absolute atomic E-state index is 6.13. The highest BCUT2D eigenvalue weighted by Crippen LogP contribution is 2.34. The summed E-state index contributed by atoms with van der Waals surface area (Å²) in [4.78, 5) is 6.41. The van der Waals surface area contributed by atoms with E-state index in [0.717, 1.165) is 58.5 Å². The third-order valence-corrected chi connectivity index (χ3v) is 6.78. The second-order valence-electron chi connectivity index (χ2n) is 7.22. The van der Waals surface area contributed by atoms with Gasteiger partial charge in [-0.1, -0.05) is 0 Å². The van der Waals surface area contributed by atoms with Gasteiger partial charge in [0.2, 0.25) is 0 Å². The summed E-state index contributed by atoms with van der Waals surface area (Å²) in [5.74, 6) is 0. The smallest absolute Gasteiger partial charge is 0.0943 e. The lowest BCUT2D eigenvalue weighted by Crippen LogP contribution is -2.50. The fourth-order valence-electron chi connectivity index (χ4n) is 4.19. The first kappa shape index (κ1) is 16.0. The molecule has 0 aromatic carbocycles. The van der Waals surface area contributed by atoms with Crippen molar-refractivity contribution in [3.63, 3.8) is 0 Å². The van der Waals surface area contributed by atoms with E-state index in [4.69, 9.17) is 14.5 Å². The highest BCUT2D eigenvalue weighted by atomic mass is 32.1. The molecule has 2 aliphatic heterocycles. The van der Waals surface area contributed by atoms with Crippen LogP contribution in [-0.2, 0) is 28.7 Å². The van der Waals surface area contributed by atoms with Crippen LogP contribution in [0.4, 0.5) is 0 Å². The Labute approximate surface area is 143 Å². The van der Waals surface area contributed by atoms with Crippen LogP contribution in [0.5, 0.6) is 0 Å². The first-order valence-corrected chi connectivity index (χ1v) is 10.1. The number of aromatic nitrogens is 1. The van der Waals surface area contributed by atoms with E-state index in [-0.39, 0.29) is 5.60 Å².